The van der Waals surface area contributed by atoms with E-state index in [4.69, 9.17) is 9.97 Å². The fourth-order valence-electron chi connectivity index (χ4n) is 8.78. The van der Waals surface area contributed by atoms with Gasteiger partial charge in [0.15, 0.2) is 0 Å². The summed E-state index contributed by atoms with van der Waals surface area (Å²) < 4.78 is 4.70. The van der Waals surface area contributed by atoms with Crippen LogP contribution < -0.4 is 0 Å². The lowest BCUT2D eigenvalue weighted by atomic mass is 10.00. The van der Waals surface area contributed by atoms with Crippen LogP contribution in [-0.2, 0) is 0 Å². The van der Waals surface area contributed by atoms with E-state index in [9.17, 15) is 0 Å². The number of nitrogens with zero attached hydrogens (tertiary/aromatic N) is 4. The molecule has 0 atom stereocenters. The predicted molar refractivity (Wildman–Crippen MR) is 216 cm³/mol. The lowest BCUT2D eigenvalue weighted by Crippen LogP contribution is -1.98. The van der Waals surface area contributed by atoms with Gasteiger partial charge >= 0.3 is 0 Å². The zero-order valence-corrected chi connectivity index (χ0v) is 28.0. The van der Waals surface area contributed by atoms with E-state index in [0.717, 1.165) is 39.4 Å². The summed E-state index contributed by atoms with van der Waals surface area (Å²) in [6.07, 6.45) is 3.94. The van der Waals surface area contributed by atoms with Gasteiger partial charge in [-0.15, -0.1) is 0 Å². The topological polar surface area (TPSA) is 35.6 Å². The molecular weight excluding hydrogens is 633 g/mol. The van der Waals surface area contributed by atoms with Crippen LogP contribution in [0.3, 0.4) is 0 Å². The molecule has 0 radical (unpaired) electrons. The van der Waals surface area contributed by atoms with Gasteiger partial charge in [-0.05, 0) is 99.6 Å². The van der Waals surface area contributed by atoms with Crippen LogP contribution in [0.15, 0.2) is 170 Å². The van der Waals surface area contributed by atoms with Gasteiger partial charge in [0.2, 0.25) is 0 Å². The largest absolute Gasteiger partial charge is 0.309 e. The number of pyridine rings is 2. The summed E-state index contributed by atoms with van der Waals surface area (Å²) in [5.41, 5.74) is 12.7. The third-order valence-electron chi connectivity index (χ3n) is 11.1. The molecule has 0 unspecified atom stereocenters. The second-order valence-electron chi connectivity index (χ2n) is 13.9. The highest BCUT2D eigenvalue weighted by atomic mass is 15.1. The molecule has 0 fully saturated rings. The highest BCUT2D eigenvalue weighted by molar-refractivity contribution is 6.16. The number of para-hydroxylation sites is 2. The lowest BCUT2D eigenvalue weighted by Gasteiger charge is -2.10. The first-order chi connectivity index (χ1) is 25.8. The van der Waals surface area contributed by atoms with Crippen LogP contribution in [0.4, 0.5) is 0 Å². The Labute approximate surface area is 298 Å². The summed E-state index contributed by atoms with van der Waals surface area (Å²) in [4.78, 5) is 9.94. The average Bonchev–Trinajstić information content (AvgIpc) is 3.83. The molecule has 240 valence electrons. The van der Waals surface area contributed by atoms with E-state index >= 15 is 0 Å². The normalized spacial score (nSPS) is 12.2. The minimum atomic E-state index is 0.895. The summed E-state index contributed by atoms with van der Waals surface area (Å²) in [6.45, 7) is 0. The van der Waals surface area contributed by atoms with E-state index in [1.165, 1.54) is 70.8 Å². The molecule has 1 aliphatic rings. The zero-order valence-electron chi connectivity index (χ0n) is 28.0. The van der Waals surface area contributed by atoms with Crippen LogP contribution in [0.1, 0.15) is 0 Å². The highest BCUT2D eigenvalue weighted by Crippen LogP contribution is 2.47. The average molecular weight is 661 g/mol. The Morgan fingerprint density at radius 2 is 1.06 bits per heavy atom. The quantitative estimate of drug-likeness (QED) is 0.189. The van der Waals surface area contributed by atoms with Crippen molar-refractivity contribution in [2.24, 2.45) is 0 Å². The van der Waals surface area contributed by atoms with Gasteiger partial charge in [-0.2, -0.15) is 0 Å². The van der Waals surface area contributed by atoms with Crippen LogP contribution in [0.25, 0.3) is 110 Å². The summed E-state index contributed by atoms with van der Waals surface area (Å²) in [6, 6.07) is 57.3. The van der Waals surface area contributed by atoms with Crippen molar-refractivity contribution in [3.8, 4) is 45.0 Å². The standard InChI is InChI=1S/C48H28N4/c1-2-12-34(13-3-1)51-43-19-17-33(25-38(43)39-23-30-9-4-5-10-31(30)26-45(39)51)32-18-20-44-37(24-32)35-14-6-7-16-42(35)52(44)46-27-40-41(28-50-46)36-15-8-11-29-21-22-49-48(40)47(29)36/h1-28H. The Hall–Kier alpha value is -7.04. The summed E-state index contributed by atoms with van der Waals surface area (Å²) >= 11 is 0. The number of hydrogen-bond donors (Lipinski definition) is 0. The van der Waals surface area contributed by atoms with Crippen LogP contribution in [0.2, 0.25) is 0 Å². The molecule has 1 aliphatic carbocycles. The first-order valence-corrected chi connectivity index (χ1v) is 17.7. The Morgan fingerprint density at radius 1 is 0.385 bits per heavy atom. The molecule has 0 N–H and O–H groups in total. The molecule has 0 bridgehead atoms. The van der Waals surface area contributed by atoms with Gasteiger partial charge in [0.05, 0.1) is 27.8 Å². The predicted octanol–water partition coefficient (Wildman–Crippen LogP) is 12.3. The SMILES string of the molecule is c1ccc(-n2c3ccc(-c4ccc5c(c4)c4ccccc4n5-c4cc5c(cn4)-c4cccc6ccnc-5c46)cc3c3cc4ccccc4cc32)cc1. The van der Waals surface area contributed by atoms with Gasteiger partial charge in [-0.1, -0.05) is 91.0 Å². The Balaban J connectivity index is 1.05. The van der Waals surface area contributed by atoms with Crippen molar-refractivity contribution in [2.75, 3.05) is 0 Å². The second-order valence-corrected chi connectivity index (χ2v) is 13.9. The van der Waals surface area contributed by atoms with Crippen LogP contribution in [0, 0.1) is 0 Å². The van der Waals surface area contributed by atoms with Crippen molar-refractivity contribution in [1.29, 1.82) is 0 Å². The van der Waals surface area contributed by atoms with Crippen molar-refractivity contribution < 1.29 is 0 Å². The minimum absolute atomic E-state index is 0.895. The van der Waals surface area contributed by atoms with Crippen molar-refractivity contribution in [3.63, 3.8) is 0 Å². The van der Waals surface area contributed by atoms with Gasteiger partial charge in [0.25, 0.3) is 0 Å². The molecule has 4 aromatic heterocycles. The molecular formula is C48H28N4. The van der Waals surface area contributed by atoms with Crippen LogP contribution in [0.5, 0.6) is 0 Å². The monoisotopic (exact) mass is 660 g/mol. The van der Waals surface area contributed by atoms with E-state index in [1.54, 1.807) is 0 Å². The number of aromatic nitrogens is 4. The molecule has 52 heavy (non-hydrogen) atoms. The van der Waals surface area contributed by atoms with Gasteiger partial charge in [-0.25, -0.2) is 4.98 Å². The number of fused-ring (bicyclic) bond motifs is 10. The van der Waals surface area contributed by atoms with Gasteiger partial charge in [0.1, 0.15) is 5.82 Å². The Kier molecular flexibility index (Phi) is 5.47. The van der Waals surface area contributed by atoms with Crippen LogP contribution >= 0.6 is 0 Å². The number of benzene rings is 7. The molecule has 4 heteroatoms. The third-order valence-corrected chi connectivity index (χ3v) is 11.1. The molecule has 12 rings (SSSR count). The van der Waals surface area contributed by atoms with E-state index in [0.29, 0.717) is 0 Å². The van der Waals surface area contributed by atoms with Crippen molar-refractivity contribution in [1.82, 2.24) is 19.1 Å². The number of rotatable bonds is 3. The highest BCUT2D eigenvalue weighted by Gasteiger charge is 2.24. The van der Waals surface area contributed by atoms with E-state index in [-0.39, 0.29) is 0 Å². The molecule has 0 amide bonds. The van der Waals surface area contributed by atoms with Gasteiger partial charge in [-0.3, -0.25) is 9.55 Å². The Bertz CT molecular complexity index is 3290. The van der Waals surface area contributed by atoms with Crippen molar-refractivity contribution in [2.45, 2.75) is 0 Å². The molecule has 0 saturated carbocycles. The van der Waals surface area contributed by atoms with Crippen molar-refractivity contribution >= 4 is 65.2 Å². The van der Waals surface area contributed by atoms with E-state index in [2.05, 4.69) is 167 Å². The molecule has 4 heterocycles. The fourth-order valence-corrected chi connectivity index (χ4v) is 8.78. The molecule has 7 aromatic carbocycles. The summed E-state index contributed by atoms with van der Waals surface area (Å²) in [5.74, 6) is 0.895. The molecule has 0 aliphatic heterocycles. The van der Waals surface area contributed by atoms with Crippen LogP contribution in [-0.4, -0.2) is 19.1 Å². The summed E-state index contributed by atoms with van der Waals surface area (Å²) in [5, 5.41) is 9.83. The number of hydrogen-bond acceptors (Lipinski definition) is 2. The fraction of sp³-hybridized carbons (Fsp3) is 0. The zero-order chi connectivity index (χ0) is 33.9. The van der Waals surface area contributed by atoms with E-state index < -0.39 is 0 Å². The van der Waals surface area contributed by atoms with Crippen molar-refractivity contribution in [3.05, 3.63) is 170 Å². The van der Waals surface area contributed by atoms with Gasteiger partial charge < -0.3 is 4.57 Å². The first kappa shape index (κ1) is 27.7. The maximum Gasteiger partial charge on any atom is 0.138 e. The van der Waals surface area contributed by atoms with E-state index in [1.807, 2.05) is 12.4 Å². The van der Waals surface area contributed by atoms with Gasteiger partial charge in [0, 0.05) is 56.1 Å². The minimum Gasteiger partial charge on any atom is -0.309 e. The lowest BCUT2D eigenvalue weighted by molar-refractivity contribution is 1.08. The first-order valence-electron chi connectivity index (χ1n) is 17.7. The molecule has 0 spiro atoms. The maximum absolute atomic E-state index is 5.09. The molecule has 4 nitrogen and oxygen atoms in total. The smallest absolute Gasteiger partial charge is 0.138 e. The second kappa shape index (κ2) is 10.3. The third kappa shape index (κ3) is 3.75. The summed E-state index contributed by atoms with van der Waals surface area (Å²) in [7, 11) is 0. The Morgan fingerprint density at radius 3 is 1.90 bits per heavy atom. The molecule has 0 saturated heterocycles. The maximum atomic E-state index is 5.09. The molecule has 11 aromatic rings.